The predicted molar refractivity (Wildman–Crippen MR) is 139 cm³/mol. The molecule has 1 spiro atoms. The van der Waals surface area contributed by atoms with E-state index in [2.05, 4.69) is 97.2 Å². The smallest absolute Gasteiger partial charge is 0.225 e. The summed E-state index contributed by atoms with van der Waals surface area (Å²) in [5.41, 5.74) is 8.23. The van der Waals surface area contributed by atoms with Crippen LogP contribution in [-0.4, -0.2) is 54.6 Å². The Morgan fingerprint density at radius 3 is 2.15 bits per heavy atom. The Morgan fingerprint density at radius 2 is 1.50 bits per heavy atom. The van der Waals surface area contributed by atoms with Crippen molar-refractivity contribution >= 4 is 11.6 Å². The van der Waals surface area contributed by atoms with Crippen molar-refractivity contribution in [3.05, 3.63) is 82.7 Å². The lowest BCUT2D eigenvalue weighted by molar-refractivity contribution is -0.00326. The summed E-state index contributed by atoms with van der Waals surface area (Å²) in [4.78, 5) is 16.9. The van der Waals surface area contributed by atoms with E-state index in [0.29, 0.717) is 5.41 Å². The van der Waals surface area contributed by atoms with Crippen LogP contribution >= 0.6 is 0 Å². The molecule has 3 aliphatic rings. The standard InChI is InChI=1S/C29H35N5/c1-21-5-7-23(8-6-21)28(2,3)24-9-11-25(12-10-24)33-14-13-22-15-30-27(31-26(22)16-33)34-19-29(20-34)17-32(4)18-29/h5-12,15H,13-14,16-20H2,1-4H3. The van der Waals surface area contributed by atoms with Crippen LogP contribution in [0.5, 0.6) is 0 Å². The van der Waals surface area contributed by atoms with E-state index >= 15 is 0 Å². The molecular weight excluding hydrogens is 418 g/mol. The molecule has 3 aromatic rings. The van der Waals surface area contributed by atoms with Gasteiger partial charge in [0, 0.05) is 55.4 Å². The third-order valence-electron chi connectivity index (χ3n) is 8.21. The topological polar surface area (TPSA) is 35.5 Å². The highest BCUT2D eigenvalue weighted by Gasteiger charge is 2.51. The summed E-state index contributed by atoms with van der Waals surface area (Å²) in [6.07, 6.45) is 3.07. The first-order chi connectivity index (χ1) is 16.3. The van der Waals surface area contributed by atoms with E-state index in [1.807, 2.05) is 0 Å². The molecule has 176 valence electrons. The third kappa shape index (κ3) is 3.67. The summed E-state index contributed by atoms with van der Waals surface area (Å²) in [7, 11) is 2.20. The number of aromatic nitrogens is 2. The molecule has 0 unspecified atom stereocenters. The number of anilines is 2. The molecule has 0 atom stereocenters. The van der Waals surface area contributed by atoms with Crippen LogP contribution in [0.3, 0.4) is 0 Å². The van der Waals surface area contributed by atoms with E-state index in [4.69, 9.17) is 9.97 Å². The SMILES string of the molecule is Cc1ccc(C(C)(C)c2ccc(N3CCc4cnc(N5CC6(CN(C)C6)C5)nc4C3)cc2)cc1. The van der Waals surface area contributed by atoms with Crippen LogP contribution in [0.1, 0.15) is 41.8 Å². The molecule has 34 heavy (non-hydrogen) atoms. The Bertz CT molecular complexity index is 1180. The normalized spacial score (nSPS) is 19.5. The third-order valence-corrected chi connectivity index (χ3v) is 8.21. The second-order valence-corrected chi connectivity index (χ2v) is 11.4. The minimum absolute atomic E-state index is 0.0212. The Labute approximate surface area is 203 Å². The molecule has 0 N–H and O–H groups in total. The molecule has 0 amide bonds. The number of fused-ring (bicyclic) bond motifs is 1. The highest BCUT2D eigenvalue weighted by atomic mass is 15.4. The zero-order chi connectivity index (χ0) is 23.5. The van der Waals surface area contributed by atoms with Gasteiger partial charge in [-0.15, -0.1) is 0 Å². The summed E-state index contributed by atoms with van der Waals surface area (Å²) < 4.78 is 0. The molecule has 0 saturated carbocycles. The predicted octanol–water partition coefficient (Wildman–Crippen LogP) is 4.43. The molecule has 2 aromatic carbocycles. The van der Waals surface area contributed by atoms with Gasteiger partial charge in [0.15, 0.2) is 0 Å². The second kappa shape index (κ2) is 7.81. The summed E-state index contributed by atoms with van der Waals surface area (Å²) in [6, 6.07) is 18.1. The summed E-state index contributed by atoms with van der Waals surface area (Å²) in [6.45, 7) is 13.2. The lowest BCUT2D eigenvalue weighted by Gasteiger charge is -2.59. The molecule has 3 aliphatic heterocycles. The Hall–Kier alpha value is -2.92. The molecular formula is C29H35N5. The minimum Gasteiger partial charge on any atom is -0.365 e. The van der Waals surface area contributed by atoms with Crippen molar-refractivity contribution in [3.63, 3.8) is 0 Å². The molecule has 5 heteroatoms. The second-order valence-electron chi connectivity index (χ2n) is 11.4. The number of likely N-dealkylation sites (tertiary alicyclic amines) is 1. The largest absolute Gasteiger partial charge is 0.365 e. The average Bonchev–Trinajstić information content (AvgIpc) is 2.80. The number of hydrogen-bond acceptors (Lipinski definition) is 5. The van der Waals surface area contributed by atoms with E-state index < -0.39 is 0 Å². The molecule has 2 saturated heterocycles. The first kappa shape index (κ1) is 21.6. The fourth-order valence-corrected chi connectivity index (χ4v) is 6.09. The lowest BCUT2D eigenvalue weighted by Crippen LogP contribution is -2.71. The van der Waals surface area contributed by atoms with Crippen molar-refractivity contribution in [2.24, 2.45) is 5.41 Å². The van der Waals surface area contributed by atoms with E-state index in [1.54, 1.807) is 0 Å². The molecule has 1 aromatic heterocycles. The highest BCUT2D eigenvalue weighted by Crippen LogP contribution is 2.40. The fraction of sp³-hybridized carbons (Fsp3) is 0.448. The zero-order valence-corrected chi connectivity index (χ0v) is 20.9. The van der Waals surface area contributed by atoms with Crippen molar-refractivity contribution < 1.29 is 0 Å². The summed E-state index contributed by atoms with van der Waals surface area (Å²) in [5.74, 6) is 0.913. The molecule has 5 nitrogen and oxygen atoms in total. The van der Waals surface area contributed by atoms with Gasteiger partial charge in [-0.1, -0.05) is 55.8 Å². The average molecular weight is 454 g/mol. The number of hydrogen-bond donors (Lipinski definition) is 0. The van der Waals surface area contributed by atoms with Crippen LogP contribution in [0.2, 0.25) is 0 Å². The molecule has 0 radical (unpaired) electrons. The minimum atomic E-state index is -0.0212. The van der Waals surface area contributed by atoms with Crippen molar-refractivity contribution in [1.29, 1.82) is 0 Å². The monoisotopic (exact) mass is 453 g/mol. The van der Waals surface area contributed by atoms with Crippen molar-refractivity contribution in [1.82, 2.24) is 14.9 Å². The number of benzene rings is 2. The molecule has 0 aliphatic carbocycles. The van der Waals surface area contributed by atoms with Crippen molar-refractivity contribution in [3.8, 4) is 0 Å². The van der Waals surface area contributed by atoms with Crippen molar-refractivity contribution in [2.75, 3.05) is 49.6 Å². The van der Waals surface area contributed by atoms with Crippen LogP contribution in [0.4, 0.5) is 11.6 Å². The van der Waals surface area contributed by atoms with Gasteiger partial charge >= 0.3 is 0 Å². The van der Waals surface area contributed by atoms with Crippen molar-refractivity contribution in [2.45, 2.75) is 39.2 Å². The van der Waals surface area contributed by atoms with Crippen LogP contribution in [-0.2, 0) is 18.4 Å². The first-order valence-corrected chi connectivity index (χ1v) is 12.5. The Kier molecular flexibility index (Phi) is 4.96. The van der Waals surface area contributed by atoms with Crippen LogP contribution in [0.15, 0.2) is 54.7 Å². The first-order valence-electron chi connectivity index (χ1n) is 12.5. The van der Waals surface area contributed by atoms with Crippen LogP contribution in [0, 0.1) is 12.3 Å². The van der Waals surface area contributed by atoms with Gasteiger partial charge < -0.3 is 14.7 Å². The lowest BCUT2D eigenvalue weighted by atomic mass is 9.73. The van der Waals surface area contributed by atoms with Gasteiger partial charge in [0.25, 0.3) is 0 Å². The van der Waals surface area contributed by atoms with Crippen LogP contribution < -0.4 is 9.80 Å². The van der Waals surface area contributed by atoms with E-state index in [9.17, 15) is 0 Å². The van der Waals surface area contributed by atoms with Gasteiger partial charge in [-0.2, -0.15) is 0 Å². The maximum absolute atomic E-state index is 5.02. The fourth-order valence-electron chi connectivity index (χ4n) is 6.09. The number of nitrogens with zero attached hydrogens (tertiary/aromatic N) is 5. The van der Waals surface area contributed by atoms with E-state index in [0.717, 1.165) is 38.5 Å². The molecule has 6 rings (SSSR count). The van der Waals surface area contributed by atoms with E-state index in [1.165, 1.54) is 46.7 Å². The molecule has 0 bridgehead atoms. The Morgan fingerprint density at radius 1 is 0.853 bits per heavy atom. The van der Waals surface area contributed by atoms with Gasteiger partial charge in [0.2, 0.25) is 5.95 Å². The van der Waals surface area contributed by atoms with E-state index in [-0.39, 0.29) is 5.41 Å². The number of rotatable bonds is 4. The van der Waals surface area contributed by atoms with Gasteiger partial charge in [-0.25, -0.2) is 9.97 Å². The zero-order valence-electron chi connectivity index (χ0n) is 20.9. The van der Waals surface area contributed by atoms with Gasteiger partial charge in [-0.05, 0) is 49.2 Å². The quantitative estimate of drug-likeness (QED) is 0.584. The number of aryl methyl sites for hydroxylation is 1. The van der Waals surface area contributed by atoms with Gasteiger partial charge in [0.1, 0.15) is 0 Å². The molecule has 2 fully saturated rings. The highest BCUT2D eigenvalue weighted by molar-refractivity contribution is 5.52. The summed E-state index contributed by atoms with van der Waals surface area (Å²) >= 11 is 0. The van der Waals surface area contributed by atoms with Crippen LogP contribution in [0.25, 0.3) is 0 Å². The van der Waals surface area contributed by atoms with Gasteiger partial charge in [-0.3, -0.25) is 0 Å². The molecule has 4 heterocycles. The Balaban J connectivity index is 1.16. The maximum Gasteiger partial charge on any atom is 0.225 e. The maximum atomic E-state index is 5.02. The summed E-state index contributed by atoms with van der Waals surface area (Å²) in [5, 5.41) is 0. The van der Waals surface area contributed by atoms with Gasteiger partial charge in [0.05, 0.1) is 12.2 Å².